The molecular formula is C28H34N4O6. The van der Waals surface area contributed by atoms with Crippen molar-refractivity contribution in [2.75, 3.05) is 13.7 Å². The molecule has 10 heteroatoms. The zero-order valence-corrected chi connectivity index (χ0v) is 21.4. The number of urea groups is 2. The van der Waals surface area contributed by atoms with Gasteiger partial charge in [-0.1, -0.05) is 65.8 Å². The average molecular weight is 523 g/mol. The lowest BCUT2D eigenvalue weighted by Crippen LogP contribution is -2.54. The van der Waals surface area contributed by atoms with Crippen LogP contribution in [-0.2, 0) is 35.6 Å². The summed E-state index contributed by atoms with van der Waals surface area (Å²) in [6.07, 6.45) is -0.238. The van der Waals surface area contributed by atoms with Gasteiger partial charge in [0.05, 0.1) is 24.4 Å². The Kier molecular flexibility index (Phi) is 9.85. The fourth-order valence-corrected chi connectivity index (χ4v) is 4.33. The Morgan fingerprint density at radius 3 is 2.18 bits per heavy atom. The summed E-state index contributed by atoms with van der Waals surface area (Å²) in [7, 11) is 1.58. The topological polar surface area (TPSA) is 126 Å². The van der Waals surface area contributed by atoms with Gasteiger partial charge in [-0.25, -0.2) is 14.5 Å². The number of hydrogen-bond acceptors (Lipinski definition) is 7. The molecule has 38 heavy (non-hydrogen) atoms. The van der Waals surface area contributed by atoms with Crippen molar-refractivity contribution in [1.82, 2.24) is 20.7 Å². The molecule has 0 radical (unpaired) electrons. The smallest absolute Gasteiger partial charge is 0.325 e. The highest BCUT2D eigenvalue weighted by Gasteiger charge is 2.35. The summed E-state index contributed by atoms with van der Waals surface area (Å²) in [5.41, 5.74) is 2.52. The Balaban J connectivity index is 1.41. The van der Waals surface area contributed by atoms with Gasteiger partial charge in [0.25, 0.3) is 0 Å². The first-order chi connectivity index (χ1) is 18.5. The Labute approximate surface area is 221 Å². The van der Waals surface area contributed by atoms with E-state index in [0.717, 1.165) is 21.7 Å². The number of imide groups is 1. The SMILES string of the molecule is COCc1cc(CC2CCC(O)C(CN(C(=O)NCc3ccccc3)C(=O)NCc3ccccc3)O2)no1. The van der Waals surface area contributed by atoms with E-state index in [-0.39, 0.29) is 25.7 Å². The standard InChI is InChI=1S/C28H34N4O6/c1-36-19-24-15-22(31-38-24)14-23-12-13-25(33)26(37-23)18-32(27(34)29-16-20-8-4-2-5-9-20)28(35)30-17-21-10-6-3-7-11-21/h2-11,15,23,25-26,33H,12-14,16-19H2,1H3,(H,29,34)(H,30,35). The number of aromatic nitrogens is 1. The van der Waals surface area contributed by atoms with Crippen molar-refractivity contribution in [2.24, 2.45) is 0 Å². The van der Waals surface area contributed by atoms with Crippen molar-refractivity contribution in [2.45, 2.75) is 57.3 Å². The van der Waals surface area contributed by atoms with Crippen molar-refractivity contribution in [3.8, 4) is 0 Å². The van der Waals surface area contributed by atoms with Crippen molar-refractivity contribution in [3.63, 3.8) is 0 Å². The van der Waals surface area contributed by atoms with Crippen molar-refractivity contribution in [3.05, 3.63) is 89.3 Å². The minimum absolute atomic E-state index is 0.105. The van der Waals surface area contributed by atoms with E-state index in [0.29, 0.717) is 31.6 Å². The van der Waals surface area contributed by atoms with Gasteiger partial charge in [-0.2, -0.15) is 0 Å². The maximum atomic E-state index is 13.2. The second-order valence-corrected chi connectivity index (χ2v) is 9.26. The number of hydrogen-bond donors (Lipinski definition) is 3. The van der Waals surface area contributed by atoms with E-state index in [4.69, 9.17) is 14.0 Å². The van der Waals surface area contributed by atoms with Crippen molar-refractivity contribution >= 4 is 12.1 Å². The number of methoxy groups -OCH3 is 1. The predicted octanol–water partition coefficient (Wildman–Crippen LogP) is 3.39. The summed E-state index contributed by atoms with van der Waals surface area (Å²) in [5.74, 6) is 0.617. The molecule has 3 aromatic rings. The number of aliphatic hydroxyl groups excluding tert-OH is 1. The van der Waals surface area contributed by atoms with Crippen LogP contribution >= 0.6 is 0 Å². The Morgan fingerprint density at radius 2 is 1.61 bits per heavy atom. The van der Waals surface area contributed by atoms with Gasteiger partial charge in [-0.3, -0.25) is 0 Å². The second-order valence-electron chi connectivity index (χ2n) is 9.26. The lowest BCUT2D eigenvalue weighted by atomic mass is 9.98. The molecule has 1 fully saturated rings. The van der Waals surface area contributed by atoms with E-state index in [2.05, 4.69) is 15.8 Å². The largest absolute Gasteiger partial charge is 0.390 e. The molecule has 4 amide bonds. The van der Waals surface area contributed by atoms with Crippen LogP contribution in [0.25, 0.3) is 0 Å². The molecule has 0 saturated carbocycles. The van der Waals surface area contributed by atoms with Crippen LogP contribution in [0.5, 0.6) is 0 Å². The quantitative estimate of drug-likeness (QED) is 0.373. The zero-order valence-electron chi connectivity index (χ0n) is 21.4. The monoisotopic (exact) mass is 522 g/mol. The Hall–Kier alpha value is -3.73. The molecule has 2 aromatic carbocycles. The van der Waals surface area contributed by atoms with Crippen LogP contribution in [0, 0.1) is 0 Å². The number of carbonyl (C=O) groups excluding carboxylic acids is 2. The molecule has 3 atom stereocenters. The van der Waals surface area contributed by atoms with Crippen LogP contribution in [0.4, 0.5) is 9.59 Å². The molecule has 4 rings (SSSR count). The number of ether oxygens (including phenoxy) is 2. The third-order valence-electron chi connectivity index (χ3n) is 6.34. The predicted molar refractivity (Wildman–Crippen MR) is 139 cm³/mol. The van der Waals surface area contributed by atoms with Crippen LogP contribution in [-0.4, -0.2) is 59.2 Å². The number of benzene rings is 2. The molecular weight excluding hydrogens is 488 g/mol. The van der Waals surface area contributed by atoms with Gasteiger partial charge in [-0.05, 0) is 24.0 Å². The molecule has 10 nitrogen and oxygen atoms in total. The van der Waals surface area contributed by atoms with Crippen LogP contribution < -0.4 is 10.6 Å². The molecule has 0 aliphatic carbocycles. The highest BCUT2D eigenvalue weighted by Crippen LogP contribution is 2.24. The molecule has 1 aliphatic heterocycles. The summed E-state index contributed by atoms with van der Waals surface area (Å²) < 4.78 is 16.5. The summed E-state index contributed by atoms with van der Waals surface area (Å²) in [6.45, 7) is 0.737. The maximum absolute atomic E-state index is 13.2. The minimum Gasteiger partial charge on any atom is -0.390 e. The van der Waals surface area contributed by atoms with E-state index in [1.807, 2.05) is 66.7 Å². The summed E-state index contributed by atoms with van der Waals surface area (Å²) >= 11 is 0. The molecule has 0 spiro atoms. The van der Waals surface area contributed by atoms with Crippen molar-refractivity contribution < 1.29 is 28.7 Å². The third kappa shape index (κ3) is 7.88. The lowest BCUT2D eigenvalue weighted by molar-refractivity contribution is -0.120. The second kappa shape index (κ2) is 13.7. The first-order valence-electron chi connectivity index (χ1n) is 12.7. The summed E-state index contributed by atoms with van der Waals surface area (Å²) in [6, 6.07) is 19.5. The van der Waals surface area contributed by atoms with E-state index < -0.39 is 24.3 Å². The van der Waals surface area contributed by atoms with Gasteiger partial charge in [0, 0.05) is 32.7 Å². The van der Waals surface area contributed by atoms with E-state index in [1.54, 1.807) is 7.11 Å². The Morgan fingerprint density at radius 1 is 1.00 bits per heavy atom. The third-order valence-corrected chi connectivity index (χ3v) is 6.34. The maximum Gasteiger partial charge on any atom is 0.325 e. The van der Waals surface area contributed by atoms with E-state index >= 15 is 0 Å². The molecule has 1 aliphatic rings. The number of nitrogens with one attached hydrogen (secondary N) is 2. The number of rotatable bonds is 10. The fraction of sp³-hybridized carbons (Fsp3) is 0.393. The van der Waals surface area contributed by atoms with Crippen LogP contribution in [0.3, 0.4) is 0 Å². The van der Waals surface area contributed by atoms with Crippen molar-refractivity contribution in [1.29, 1.82) is 0 Å². The first-order valence-corrected chi connectivity index (χ1v) is 12.7. The first kappa shape index (κ1) is 27.3. The highest BCUT2D eigenvalue weighted by molar-refractivity contribution is 5.93. The molecule has 3 unspecified atom stereocenters. The summed E-state index contributed by atoms with van der Waals surface area (Å²) in [5, 5.41) is 20.4. The van der Waals surface area contributed by atoms with Crippen LogP contribution in [0.15, 0.2) is 71.3 Å². The molecule has 3 N–H and O–H groups in total. The molecule has 1 saturated heterocycles. The van der Waals surface area contributed by atoms with Gasteiger partial charge in [-0.15, -0.1) is 0 Å². The lowest BCUT2D eigenvalue weighted by Gasteiger charge is -2.36. The van der Waals surface area contributed by atoms with E-state index in [9.17, 15) is 14.7 Å². The van der Waals surface area contributed by atoms with Crippen LogP contribution in [0.2, 0.25) is 0 Å². The van der Waals surface area contributed by atoms with Gasteiger partial charge < -0.3 is 29.7 Å². The summed E-state index contributed by atoms with van der Waals surface area (Å²) in [4.78, 5) is 27.4. The van der Waals surface area contributed by atoms with Crippen LogP contribution in [0.1, 0.15) is 35.4 Å². The van der Waals surface area contributed by atoms with Gasteiger partial charge in [0.1, 0.15) is 12.7 Å². The molecule has 1 aromatic heterocycles. The Bertz CT molecular complexity index is 1100. The number of carbonyl (C=O) groups is 2. The van der Waals surface area contributed by atoms with Gasteiger partial charge in [0.15, 0.2) is 5.76 Å². The highest BCUT2D eigenvalue weighted by atomic mass is 16.5. The minimum atomic E-state index is -0.820. The molecule has 0 bridgehead atoms. The van der Waals surface area contributed by atoms with Gasteiger partial charge in [0.2, 0.25) is 0 Å². The number of nitrogens with zero attached hydrogens (tertiary/aromatic N) is 2. The number of amides is 4. The molecule has 2 heterocycles. The van der Waals surface area contributed by atoms with E-state index in [1.165, 1.54) is 0 Å². The fourth-order valence-electron chi connectivity index (χ4n) is 4.33. The molecule has 202 valence electrons. The van der Waals surface area contributed by atoms with Gasteiger partial charge >= 0.3 is 12.1 Å². The number of aliphatic hydroxyl groups is 1. The average Bonchev–Trinajstić information content (AvgIpc) is 3.38. The normalized spacial score (nSPS) is 19.1. The zero-order chi connectivity index (χ0) is 26.7.